The summed E-state index contributed by atoms with van der Waals surface area (Å²) in [5, 5.41) is 1.15. The molecule has 6 nitrogen and oxygen atoms in total. The highest BCUT2D eigenvalue weighted by Gasteiger charge is 2.29. The molecule has 5 rings (SSSR count). The maximum Gasteiger partial charge on any atom is 0.203 e. The molecule has 158 valence electrons. The number of para-hydroxylation sites is 2. The Hall–Kier alpha value is -2.51. The SMILES string of the molecule is COc1cccc2c1OCC(N(C)CC1CCN(c3nc4ccccc4s3)CC1)O2. The van der Waals surface area contributed by atoms with Crippen LogP contribution in [-0.2, 0) is 0 Å². The zero-order valence-corrected chi connectivity index (χ0v) is 18.2. The molecule has 0 radical (unpaired) electrons. The highest BCUT2D eigenvalue weighted by atomic mass is 32.1. The fourth-order valence-electron chi connectivity index (χ4n) is 4.27. The smallest absolute Gasteiger partial charge is 0.203 e. The monoisotopic (exact) mass is 425 g/mol. The number of likely N-dealkylation sites (N-methyl/N-ethyl adjacent to an activating group) is 1. The third-order valence-electron chi connectivity index (χ3n) is 6.00. The fraction of sp³-hybridized carbons (Fsp3) is 0.435. The molecule has 0 N–H and O–H groups in total. The molecule has 1 aromatic heterocycles. The number of benzene rings is 2. The summed E-state index contributed by atoms with van der Waals surface area (Å²) in [4.78, 5) is 9.53. The van der Waals surface area contributed by atoms with Gasteiger partial charge in [0.25, 0.3) is 0 Å². The summed E-state index contributed by atoms with van der Waals surface area (Å²) < 4.78 is 18.8. The van der Waals surface area contributed by atoms with Crippen LogP contribution in [0.2, 0.25) is 0 Å². The fourth-order valence-corrected chi connectivity index (χ4v) is 5.29. The maximum atomic E-state index is 6.20. The van der Waals surface area contributed by atoms with Crippen molar-refractivity contribution in [2.24, 2.45) is 5.92 Å². The van der Waals surface area contributed by atoms with Gasteiger partial charge in [0.1, 0.15) is 6.61 Å². The first-order chi connectivity index (χ1) is 14.7. The molecule has 0 amide bonds. The zero-order chi connectivity index (χ0) is 20.5. The first-order valence-corrected chi connectivity index (χ1v) is 11.3. The van der Waals surface area contributed by atoms with Gasteiger partial charge in [-0.1, -0.05) is 29.5 Å². The van der Waals surface area contributed by atoms with Crippen LogP contribution in [0.3, 0.4) is 0 Å². The van der Waals surface area contributed by atoms with E-state index in [0.29, 0.717) is 18.3 Å². The summed E-state index contributed by atoms with van der Waals surface area (Å²) in [6, 6.07) is 14.1. The first kappa shape index (κ1) is 19.5. The lowest BCUT2D eigenvalue weighted by Crippen LogP contribution is -2.46. The second kappa shape index (κ2) is 8.32. The molecule has 2 aliphatic rings. The number of ether oxygens (including phenoxy) is 3. The van der Waals surface area contributed by atoms with Crippen molar-refractivity contribution in [2.45, 2.75) is 19.1 Å². The van der Waals surface area contributed by atoms with Gasteiger partial charge in [-0.3, -0.25) is 4.90 Å². The summed E-state index contributed by atoms with van der Waals surface area (Å²) in [5.74, 6) is 2.82. The van der Waals surface area contributed by atoms with Crippen molar-refractivity contribution in [2.75, 3.05) is 45.3 Å². The van der Waals surface area contributed by atoms with Crippen LogP contribution in [-0.4, -0.2) is 56.5 Å². The number of piperidine rings is 1. The van der Waals surface area contributed by atoms with Crippen LogP contribution in [0.4, 0.5) is 5.13 Å². The van der Waals surface area contributed by atoms with Crippen molar-refractivity contribution in [3.8, 4) is 17.2 Å². The van der Waals surface area contributed by atoms with E-state index in [1.165, 1.54) is 4.70 Å². The molecule has 0 aliphatic carbocycles. The zero-order valence-electron chi connectivity index (χ0n) is 17.4. The molecule has 2 aliphatic heterocycles. The minimum Gasteiger partial charge on any atom is -0.493 e. The molecule has 2 aromatic carbocycles. The second-order valence-corrected chi connectivity index (χ2v) is 9.01. The molecule has 1 saturated heterocycles. The third kappa shape index (κ3) is 3.79. The van der Waals surface area contributed by atoms with Gasteiger partial charge >= 0.3 is 0 Å². The minimum atomic E-state index is -0.0769. The molecule has 7 heteroatoms. The topological polar surface area (TPSA) is 47.1 Å². The van der Waals surface area contributed by atoms with Gasteiger partial charge in [0, 0.05) is 19.6 Å². The standard InChI is InChI=1S/C23H27N3O3S/c1-25(21-15-28-22-18(27-2)7-5-8-19(22)29-21)14-16-10-12-26(13-11-16)23-24-17-6-3-4-9-20(17)30-23/h3-9,16,21H,10-15H2,1-2H3. The number of aromatic nitrogens is 1. The summed E-state index contributed by atoms with van der Waals surface area (Å²) in [6.07, 6.45) is 2.25. The molecule has 0 spiro atoms. The Morgan fingerprint density at radius 1 is 1.17 bits per heavy atom. The van der Waals surface area contributed by atoms with Gasteiger partial charge in [-0.25, -0.2) is 4.98 Å². The molecular formula is C23H27N3O3S. The minimum absolute atomic E-state index is 0.0769. The van der Waals surface area contributed by atoms with Gasteiger partial charge in [0.15, 0.2) is 22.9 Å². The van der Waals surface area contributed by atoms with E-state index in [2.05, 4.69) is 41.1 Å². The van der Waals surface area contributed by atoms with Crippen LogP contribution < -0.4 is 19.1 Å². The van der Waals surface area contributed by atoms with Crippen LogP contribution in [0.5, 0.6) is 17.2 Å². The van der Waals surface area contributed by atoms with Crippen molar-refractivity contribution >= 4 is 26.7 Å². The number of nitrogens with zero attached hydrogens (tertiary/aromatic N) is 3. The van der Waals surface area contributed by atoms with E-state index < -0.39 is 0 Å². The lowest BCUT2D eigenvalue weighted by Gasteiger charge is -2.37. The average Bonchev–Trinajstić information content (AvgIpc) is 3.23. The predicted molar refractivity (Wildman–Crippen MR) is 120 cm³/mol. The third-order valence-corrected chi connectivity index (χ3v) is 7.10. The number of hydrogen-bond acceptors (Lipinski definition) is 7. The lowest BCUT2D eigenvalue weighted by atomic mass is 9.96. The van der Waals surface area contributed by atoms with Crippen molar-refractivity contribution in [1.29, 1.82) is 0 Å². The van der Waals surface area contributed by atoms with E-state index in [0.717, 1.165) is 54.6 Å². The number of hydrogen-bond donors (Lipinski definition) is 0. The summed E-state index contributed by atoms with van der Waals surface area (Å²) in [6.45, 7) is 3.62. The Morgan fingerprint density at radius 3 is 2.80 bits per heavy atom. The van der Waals surface area contributed by atoms with Crippen LogP contribution in [0.15, 0.2) is 42.5 Å². The van der Waals surface area contributed by atoms with E-state index in [-0.39, 0.29) is 6.23 Å². The molecule has 3 heterocycles. The summed E-state index contributed by atoms with van der Waals surface area (Å²) >= 11 is 1.80. The van der Waals surface area contributed by atoms with Crippen molar-refractivity contribution < 1.29 is 14.2 Å². The largest absolute Gasteiger partial charge is 0.493 e. The molecule has 3 aromatic rings. The van der Waals surface area contributed by atoms with Gasteiger partial charge in [-0.05, 0) is 50.1 Å². The second-order valence-electron chi connectivity index (χ2n) is 8.01. The summed E-state index contributed by atoms with van der Waals surface area (Å²) in [7, 11) is 3.77. The van der Waals surface area contributed by atoms with Gasteiger partial charge in [0.05, 0.1) is 17.3 Å². The number of fused-ring (bicyclic) bond motifs is 2. The molecule has 0 bridgehead atoms. The van der Waals surface area contributed by atoms with E-state index in [1.807, 2.05) is 18.2 Å². The highest BCUT2D eigenvalue weighted by Crippen LogP contribution is 2.40. The molecule has 1 atom stereocenters. The van der Waals surface area contributed by atoms with Gasteiger partial charge in [0.2, 0.25) is 5.75 Å². The number of rotatable bonds is 5. The Labute approximate surface area is 181 Å². The van der Waals surface area contributed by atoms with Crippen molar-refractivity contribution in [1.82, 2.24) is 9.88 Å². The van der Waals surface area contributed by atoms with Crippen LogP contribution >= 0.6 is 11.3 Å². The molecule has 1 fully saturated rings. The van der Waals surface area contributed by atoms with Crippen LogP contribution in [0.1, 0.15) is 12.8 Å². The Kier molecular flexibility index (Phi) is 5.39. The average molecular weight is 426 g/mol. The molecular weight excluding hydrogens is 398 g/mol. The Morgan fingerprint density at radius 2 is 2.00 bits per heavy atom. The van der Waals surface area contributed by atoms with Crippen molar-refractivity contribution in [3.63, 3.8) is 0 Å². The van der Waals surface area contributed by atoms with Gasteiger partial charge < -0.3 is 19.1 Å². The molecule has 1 unspecified atom stereocenters. The van der Waals surface area contributed by atoms with Gasteiger partial charge in [-0.15, -0.1) is 0 Å². The van der Waals surface area contributed by atoms with Crippen LogP contribution in [0, 0.1) is 5.92 Å². The van der Waals surface area contributed by atoms with E-state index in [9.17, 15) is 0 Å². The maximum absolute atomic E-state index is 6.20. The Bertz CT molecular complexity index is 983. The molecule has 30 heavy (non-hydrogen) atoms. The van der Waals surface area contributed by atoms with Crippen LogP contribution in [0.25, 0.3) is 10.2 Å². The predicted octanol–water partition coefficient (Wildman–Crippen LogP) is 4.25. The normalized spacial score (nSPS) is 19.4. The molecule has 0 saturated carbocycles. The highest BCUT2D eigenvalue weighted by molar-refractivity contribution is 7.22. The number of thiazole rings is 1. The van der Waals surface area contributed by atoms with Crippen molar-refractivity contribution in [3.05, 3.63) is 42.5 Å². The quantitative estimate of drug-likeness (QED) is 0.609. The number of methoxy groups -OCH3 is 1. The van der Waals surface area contributed by atoms with Gasteiger partial charge in [-0.2, -0.15) is 0 Å². The number of anilines is 1. The lowest BCUT2D eigenvalue weighted by molar-refractivity contribution is -0.0243. The van der Waals surface area contributed by atoms with E-state index in [4.69, 9.17) is 19.2 Å². The Balaban J connectivity index is 1.16. The van der Waals surface area contributed by atoms with E-state index in [1.54, 1.807) is 18.4 Å². The van der Waals surface area contributed by atoms with E-state index >= 15 is 0 Å². The first-order valence-electron chi connectivity index (χ1n) is 10.5. The summed E-state index contributed by atoms with van der Waals surface area (Å²) in [5.41, 5.74) is 1.10.